The Balaban J connectivity index is 4.12. The van der Waals surface area contributed by atoms with Gasteiger partial charge in [-0.25, -0.2) is 0 Å². The fourth-order valence-electron chi connectivity index (χ4n) is 8.62. The van der Waals surface area contributed by atoms with E-state index in [0.29, 0.717) is 19.3 Å². The van der Waals surface area contributed by atoms with Gasteiger partial charge >= 0.3 is 17.9 Å². The van der Waals surface area contributed by atoms with Gasteiger partial charge in [-0.05, 0) is 19.3 Å². The molecule has 0 aliphatic carbocycles. The molecule has 0 bridgehead atoms. The van der Waals surface area contributed by atoms with Crippen LogP contribution in [0.3, 0.4) is 0 Å². The second-order valence-electron chi connectivity index (χ2n) is 19.2. The molecule has 0 aromatic heterocycles. The van der Waals surface area contributed by atoms with E-state index < -0.39 is 6.10 Å². The van der Waals surface area contributed by atoms with E-state index in [0.717, 1.165) is 57.8 Å². The molecule has 0 aromatic rings. The summed E-state index contributed by atoms with van der Waals surface area (Å²) in [6, 6.07) is 0. The molecule has 0 N–H and O–H groups in total. The van der Waals surface area contributed by atoms with Crippen molar-refractivity contribution in [2.75, 3.05) is 13.2 Å². The van der Waals surface area contributed by atoms with E-state index in [1.54, 1.807) is 0 Å². The van der Waals surface area contributed by atoms with Crippen molar-refractivity contribution in [1.82, 2.24) is 0 Å². The van der Waals surface area contributed by atoms with Gasteiger partial charge in [0.05, 0.1) is 0 Å². The highest BCUT2D eigenvalue weighted by Crippen LogP contribution is 2.17. The van der Waals surface area contributed by atoms with Crippen LogP contribution < -0.4 is 0 Å². The molecule has 0 fully saturated rings. The Bertz CT molecular complexity index is 920. The van der Waals surface area contributed by atoms with Crippen LogP contribution in [0, 0.1) is 0 Å². The van der Waals surface area contributed by atoms with Gasteiger partial charge < -0.3 is 14.2 Å². The van der Waals surface area contributed by atoms with Gasteiger partial charge in [0, 0.05) is 19.3 Å². The van der Waals surface area contributed by atoms with E-state index in [1.807, 2.05) is 0 Å². The normalized spacial score (nSPS) is 11.9. The SMILES string of the molecule is CCCCCCCCCCCCCCCCCCCCCCCCCC(=O)OCC(COC(=O)CCCCCCCCCCCC)OC(=O)CCCCCCCCCCCCC. The van der Waals surface area contributed by atoms with Gasteiger partial charge in [0.25, 0.3) is 0 Å². The molecule has 0 spiro atoms. The molecule has 1 unspecified atom stereocenters. The Morgan fingerprint density at radius 2 is 0.435 bits per heavy atom. The summed E-state index contributed by atoms with van der Waals surface area (Å²) < 4.78 is 16.8. The van der Waals surface area contributed by atoms with Crippen LogP contribution in [0.5, 0.6) is 0 Å². The second kappa shape index (κ2) is 52.0. The van der Waals surface area contributed by atoms with Gasteiger partial charge in [-0.3, -0.25) is 14.4 Å². The van der Waals surface area contributed by atoms with Gasteiger partial charge in [0.2, 0.25) is 0 Å². The summed E-state index contributed by atoms with van der Waals surface area (Å²) in [6.07, 6.45) is 56.8. The Morgan fingerprint density at radius 1 is 0.258 bits per heavy atom. The number of ether oxygens (including phenoxy) is 3. The number of carbonyl (C=O) groups is 3. The molecule has 6 heteroatoms. The monoisotopic (exact) mass is 877 g/mol. The number of esters is 3. The third kappa shape index (κ3) is 49.4. The lowest BCUT2D eigenvalue weighted by atomic mass is 10.0. The van der Waals surface area contributed by atoms with E-state index in [2.05, 4.69) is 20.8 Å². The Labute approximate surface area is 387 Å². The summed E-state index contributed by atoms with van der Waals surface area (Å²) in [5, 5.41) is 0. The molecule has 0 radical (unpaired) electrons. The zero-order valence-corrected chi connectivity index (χ0v) is 42.2. The Morgan fingerprint density at radius 3 is 0.645 bits per heavy atom. The van der Waals surface area contributed by atoms with Crippen LogP contribution in [0.2, 0.25) is 0 Å². The van der Waals surface area contributed by atoms with Gasteiger partial charge in [-0.15, -0.1) is 0 Å². The van der Waals surface area contributed by atoms with Gasteiger partial charge in [-0.1, -0.05) is 284 Å². The van der Waals surface area contributed by atoms with Crippen molar-refractivity contribution in [3.05, 3.63) is 0 Å². The van der Waals surface area contributed by atoms with Crippen LogP contribution in [-0.2, 0) is 28.6 Å². The largest absolute Gasteiger partial charge is 0.462 e. The standard InChI is InChI=1S/C56H108O6/c1-4-7-10-13-16-19-22-23-24-25-26-27-28-29-30-31-32-33-35-37-40-43-46-49-55(58)61-52-53(51-60-54(57)48-45-42-39-36-21-18-15-12-9-6-3)62-56(59)50-47-44-41-38-34-20-17-14-11-8-5-2/h53H,4-52H2,1-3H3. The van der Waals surface area contributed by atoms with Gasteiger partial charge in [0.15, 0.2) is 6.10 Å². The molecule has 1 atom stereocenters. The maximum atomic E-state index is 12.8. The minimum Gasteiger partial charge on any atom is -0.462 e. The summed E-state index contributed by atoms with van der Waals surface area (Å²) in [5.74, 6) is -0.841. The topological polar surface area (TPSA) is 78.9 Å². The molecule has 368 valence electrons. The molecular weight excluding hydrogens is 769 g/mol. The number of hydrogen-bond donors (Lipinski definition) is 0. The second-order valence-corrected chi connectivity index (χ2v) is 19.2. The van der Waals surface area contributed by atoms with Crippen LogP contribution in [-0.4, -0.2) is 37.2 Å². The van der Waals surface area contributed by atoms with Gasteiger partial charge in [-0.2, -0.15) is 0 Å². The number of carbonyl (C=O) groups excluding carboxylic acids is 3. The molecule has 0 aliphatic heterocycles. The molecule has 0 saturated heterocycles. The first-order chi connectivity index (χ1) is 30.5. The van der Waals surface area contributed by atoms with Crippen LogP contribution in [0.15, 0.2) is 0 Å². The highest BCUT2D eigenvalue weighted by atomic mass is 16.6. The van der Waals surface area contributed by atoms with E-state index in [1.165, 1.54) is 225 Å². The summed E-state index contributed by atoms with van der Waals surface area (Å²) >= 11 is 0. The van der Waals surface area contributed by atoms with Crippen molar-refractivity contribution in [1.29, 1.82) is 0 Å². The zero-order chi connectivity index (χ0) is 45.1. The summed E-state index contributed by atoms with van der Waals surface area (Å²) in [4.78, 5) is 37.9. The summed E-state index contributed by atoms with van der Waals surface area (Å²) in [5.41, 5.74) is 0. The third-order valence-electron chi connectivity index (χ3n) is 12.9. The van der Waals surface area contributed by atoms with E-state index in [-0.39, 0.29) is 31.1 Å². The maximum absolute atomic E-state index is 12.8. The van der Waals surface area contributed by atoms with Crippen LogP contribution in [0.25, 0.3) is 0 Å². The molecule has 0 rings (SSSR count). The van der Waals surface area contributed by atoms with Crippen molar-refractivity contribution in [3.63, 3.8) is 0 Å². The van der Waals surface area contributed by atoms with Crippen molar-refractivity contribution < 1.29 is 28.6 Å². The molecular formula is C56H108O6. The Kier molecular flexibility index (Phi) is 50.7. The summed E-state index contributed by atoms with van der Waals surface area (Å²) in [6.45, 7) is 6.67. The molecule has 6 nitrogen and oxygen atoms in total. The lowest BCUT2D eigenvalue weighted by Gasteiger charge is -2.18. The predicted octanol–water partition coefficient (Wildman–Crippen LogP) is 18.4. The average Bonchev–Trinajstić information content (AvgIpc) is 3.27. The fourth-order valence-corrected chi connectivity index (χ4v) is 8.62. The zero-order valence-electron chi connectivity index (χ0n) is 42.2. The van der Waals surface area contributed by atoms with Crippen molar-refractivity contribution in [3.8, 4) is 0 Å². The minimum absolute atomic E-state index is 0.0618. The molecule has 0 aliphatic rings. The molecule has 0 amide bonds. The number of rotatable bonds is 52. The predicted molar refractivity (Wildman–Crippen MR) is 266 cm³/mol. The Hall–Kier alpha value is -1.59. The van der Waals surface area contributed by atoms with E-state index >= 15 is 0 Å². The molecule has 62 heavy (non-hydrogen) atoms. The minimum atomic E-state index is -0.759. The lowest BCUT2D eigenvalue weighted by molar-refractivity contribution is -0.167. The molecule has 0 heterocycles. The first kappa shape index (κ1) is 60.4. The first-order valence-electron chi connectivity index (χ1n) is 28.0. The summed E-state index contributed by atoms with van der Waals surface area (Å²) in [7, 11) is 0. The van der Waals surface area contributed by atoms with Crippen LogP contribution >= 0.6 is 0 Å². The maximum Gasteiger partial charge on any atom is 0.306 e. The van der Waals surface area contributed by atoms with Crippen LogP contribution in [0.1, 0.15) is 323 Å². The number of unbranched alkanes of at least 4 members (excludes halogenated alkanes) is 41. The fraction of sp³-hybridized carbons (Fsp3) is 0.946. The smallest absolute Gasteiger partial charge is 0.306 e. The number of hydrogen-bond acceptors (Lipinski definition) is 6. The highest BCUT2D eigenvalue weighted by molar-refractivity contribution is 5.71. The lowest BCUT2D eigenvalue weighted by Crippen LogP contribution is -2.30. The molecule has 0 aromatic carbocycles. The quantitative estimate of drug-likeness (QED) is 0.0344. The van der Waals surface area contributed by atoms with Crippen molar-refractivity contribution >= 4 is 17.9 Å². The van der Waals surface area contributed by atoms with E-state index in [4.69, 9.17) is 14.2 Å². The van der Waals surface area contributed by atoms with Crippen molar-refractivity contribution in [2.45, 2.75) is 329 Å². The first-order valence-corrected chi connectivity index (χ1v) is 28.0. The van der Waals surface area contributed by atoms with Crippen molar-refractivity contribution in [2.24, 2.45) is 0 Å². The average molecular weight is 877 g/mol. The van der Waals surface area contributed by atoms with E-state index in [9.17, 15) is 14.4 Å². The third-order valence-corrected chi connectivity index (χ3v) is 12.9. The highest BCUT2D eigenvalue weighted by Gasteiger charge is 2.19. The van der Waals surface area contributed by atoms with Crippen LogP contribution in [0.4, 0.5) is 0 Å². The van der Waals surface area contributed by atoms with Gasteiger partial charge in [0.1, 0.15) is 13.2 Å². The molecule has 0 saturated carbocycles.